The Morgan fingerprint density at radius 1 is 1.17 bits per heavy atom. The highest BCUT2D eigenvalue weighted by molar-refractivity contribution is 7.12. The Balaban J connectivity index is 1.59. The summed E-state index contributed by atoms with van der Waals surface area (Å²) in [5.41, 5.74) is 1.63. The fraction of sp³-hybridized carbons (Fsp3) is 0.133. The van der Waals surface area contributed by atoms with Gasteiger partial charge in [-0.2, -0.15) is 14.3 Å². The molecule has 120 valence electrons. The maximum atomic E-state index is 12.3. The number of aromatic nitrogens is 6. The highest BCUT2D eigenvalue weighted by Crippen LogP contribution is 2.17. The molecule has 0 N–H and O–H groups in total. The van der Waals surface area contributed by atoms with Crippen LogP contribution in [0, 0.1) is 6.92 Å². The van der Waals surface area contributed by atoms with Crippen molar-refractivity contribution >= 4 is 11.3 Å². The quantitative estimate of drug-likeness (QED) is 0.563. The smallest absolute Gasteiger partial charge is 0.334 e. The van der Waals surface area contributed by atoms with E-state index in [0.29, 0.717) is 16.7 Å². The van der Waals surface area contributed by atoms with E-state index in [1.807, 2.05) is 42.6 Å². The highest BCUT2D eigenvalue weighted by Gasteiger charge is 2.14. The summed E-state index contributed by atoms with van der Waals surface area (Å²) in [5, 5.41) is 14.2. The number of nitrogens with zero attached hydrogens (tertiary/aromatic N) is 6. The Morgan fingerprint density at radius 2 is 2.00 bits per heavy atom. The Labute approximate surface area is 140 Å². The van der Waals surface area contributed by atoms with Crippen molar-refractivity contribution in [2.75, 3.05) is 0 Å². The molecule has 0 fully saturated rings. The molecule has 1 aromatic carbocycles. The average Bonchev–Trinajstić information content (AvgIpc) is 3.31. The van der Waals surface area contributed by atoms with Crippen molar-refractivity contribution in [1.82, 2.24) is 29.9 Å². The first-order valence-electron chi connectivity index (χ1n) is 7.17. The van der Waals surface area contributed by atoms with Gasteiger partial charge in [0.2, 0.25) is 0 Å². The molecular weight excluding hydrogens is 328 g/mol. The first kappa shape index (κ1) is 14.5. The molecule has 0 saturated heterocycles. The molecule has 24 heavy (non-hydrogen) atoms. The first-order valence-corrected chi connectivity index (χ1v) is 8.05. The van der Waals surface area contributed by atoms with Crippen molar-refractivity contribution in [1.29, 1.82) is 0 Å². The molecule has 4 aromatic rings. The molecular formula is C15H12N6O2S. The van der Waals surface area contributed by atoms with Crippen LogP contribution in [-0.2, 0) is 6.54 Å². The lowest BCUT2D eigenvalue weighted by molar-refractivity contribution is 0.417. The second-order valence-corrected chi connectivity index (χ2v) is 6.09. The van der Waals surface area contributed by atoms with Crippen LogP contribution in [0.25, 0.3) is 16.5 Å². The monoisotopic (exact) mass is 340 g/mol. The molecule has 0 aliphatic rings. The largest absolute Gasteiger partial charge is 0.369 e. The van der Waals surface area contributed by atoms with Crippen LogP contribution < -0.4 is 5.69 Å². The van der Waals surface area contributed by atoms with E-state index in [0.717, 1.165) is 11.1 Å². The van der Waals surface area contributed by atoms with Crippen LogP contribution in [0.3, 0.4) is 0 Å². The fourth-order valence-electron chi connectivity index (χ4n) is 2.17. The number of tetrazole rings is 1. The molecule has 8 nitrogen and oxygen atoms in total. The van der Waals surface area contributed by atoms with Gasteiger partial charge in [0.1, 0.15) is 11.5 Å². The summed E-state index contributed by atoms with van der Waals surface area (Å²) < 4.78 is 7.69. The number of thiophene rings is 1. The third kappa shape index (κ3) is 2.65. The van der Waals surface area contributed by atoms with Crippen molar-refractivity contribution in [3.63, 3.8) is 0 Å². The zero-order valence-corrected chi connectivity index (χ0v) is 13.5. The second-order valence-electron chi connectivity index (χ2n) is 5.16. The maximum Gasteiger partial charge on any atom is 0.369 e. The van der Waals surface area contributed by atoms with E-state index in [1.54, 1.807) is 6.07 Å². The van der Waals surface area contributed by atoms with Gasteiger partial charge >= 0.3 is 5.69 Å². The fourth-order valence-corrected chi connectivity index (χ4v) is 2.84. The predicted octanol–water partition coefficient (Wildman–Crippen LogP) is 1.90. The third-order valence-corrected chi connectivity index (χ3v) is 4.26. The van der Waals surface area contributed by atoms with E-state index < -0.39 is 0 Å². The van der Waals surface area contributed by atoms with Crippen LogP contribution in [-0.4, -0.2) is 29.9 Å². The number of rotatable bonds is 4. The van der Waals surface area contributed by atoms with E-state index in [2.05, 4.69) is 20.6 Å². The molecule has 9 heteroatoms. The second kappa shape index (κ2) is 5.85. The molecule has 0 amide bonds. The summed E-state index contributed by atoms with van der Waals surface area (Å²) in [6.07, 6.45) is 0. The van der Waals surface area contributed by atoms with E-state index in [-0.39, 0.29) is 12.2 Å². The van der Waals surface area contributed by atoms with Gasteiger partial charge < -0.3 is 4.52 Å². The molecule has 0 bridgehead atoms. The van der Waals surface area contributed by atoms with Crippen molar-refractivity contribution in [2.24, 2.45) is 0 Å². The van der Waals surface area contributed by atoms with Gasteiger partial charge in [0, 0.05) is 5.56 Å². The van der Waals surface area contributed by atoms with Crippen LogP contribution in [0.2, 0.25) is 0 Å². The van der Waals surface area contributed by atoms with Crippen LogP contribution in [0.4, 0.5) is 0 Å². The first-order chi connectivity index (χ1) is 11.7. The van der Waals surface area contributed by atoms with E-state index in [4.69, 9.17) is 4.52 Å². The molecule has 0 radical (unpaired) electrons. The topological polar surface area (TPSA) is 91.6 Å². The lowest BCUT2D eigenvalue weighted by Gasteiger charge is -1.94. The number of benzene rings is 1. The van der Waals surface area contributed by atoms with Crippen LogP contribution in [0.1, 0.15) is 11.4 Å². The summed E-state index contributed by atoms with van der Waals surface area (Å²) in [7, 11) is 0. The third-order valence-electron chi connectivity index (χ3n) is 3.41. The van der Waals surface area contributed by atoms with Crippen molar-refractivity contribution in [3.05, 3.63) is 63.7 Å². The predicted molar refractivity (Wildman–Crippen MR) is 87.1 cm³/mol. The lowest BCUT2D eigenvalue weighted by Crippen LogP contribution is -2.24. The minimum atomic E-state index is -0.348. The summed E-state index contributed by atoms with van der Waals surface area (Å²) in [4.78, 5) is 16.6. The molecule has 0 unspecified atom stereocenters. The number of hydrogen-bond donors (Lipinski definition) is 0. The molecule has 0 spiro atoms. The zero-order valence-electron chi connectivity index (χ0n) is 12.7. The molecule has 0 aliphatic carbocycles. The summed E-state index contributed by atoms with van der Waals surface area (Å²) in [5.74, 6) is 0.773. The van der Waals surface area contributed by atoms with E-state index in [1.165, 1.54) is 20.7 Å². The SMILES string of the molecule is Cc1ccc(-c2nc(Cn3nnn(-c4cccs4)c3=O)no2)cc1. The number of aryl methyl sites for hydroxylation is 1. The standard InChI is InChI=1S/C15H12N6O2S/c1-10-4-6-11(7-5-10)14-16-12(17-23-14)9-20-15(22)21(19-18-20)13-3-2-8-24-13/h2-8H,9H2,1H3. The minimum absolute atomic E-state index is 0.0968. The summed E-state index contributed by atoms with van der Waals surface area (Å²) in [6, 6.07) is 11.4. The van der Waals surface area contributed by atoms with Gasteiger partial charge in [-0.15, -0.1) is 11.3 Å². The van der Waals surface area contributed by atoms with E-state index in [9.17, 15) is 4.79 Å². The molecule has 3 heterocycles. The van der Waals surface area contributed by atoms with Crippen LogP contribution >= 0.6 is 11.3 Å². The molecule has 0 atom stereocenters. The van der Waals surface area contributed by atoms with Gasteiger partial charge in [0.15, 0.2) is 5.82 Å². The van der Waals surface area contributed by atoms with Crippen molar-refractivity contribution < 1.29 is 4.52 Å². The Hall–Kier alpha value is -3.07. The van der Waals surface area contributed by atoms with Gasteiger partial charge in [0.05, 0.1) is 0 Å². The summed E-state index contributed by atoms with van der Waals surface area (Å²) in [6.45, 7) is 2.10. The van der Waals surface area contributed by atoms with Crippen molar-refractivity contribution in [2.45, 2.75) is 13.5 Å². The highest BCUT2D eigenvalue weighted by atomic mass is 32.1. The van der Waals surface area contributed by atoms with Gasteiger partial charge in [-0.25, -0.2) is 4.79 Å². The number of hydrogen-bond acceptors (Lipinski definition) is 7. The van der Waals surface area contributed by atoms with Gasteiger partial charge in [-0.05, 0) is 47.0 Å². The average molecular weight is 340 g/mol. The Morgan fingerprint density at radius 3 is 2.75 bits per heavy atom. The van der Waals surface area contributed by atoms with Gasteiger partial charge in [-0.1, -0.05) is 22.9 Å². The summed E-state index contributed by atoms with van der Waals surface area (Å²) >= 11 is 1.41. The van der Waals surface area contributed by atoms with Crippen molar-refractivity contribution in [3.8, 4) is 16.5 Å². The Bertz CT molecular complexity index is 1010. The van der Waals surface area contributed by atoms with Crippen LogP contribution in [0.15, 0.2) is 51.1 Å². The Kier molecular flexibility index (Phi) is 3.54. The van der Waals surface area contributed by atoms with Gasteiger partial charge in [0.25, 0.3) is 5.89 Å². The van der Waals surface area contributed by atoms with Gasteiger partial charge in [-0.3, -0.25) is 0 Å². The lowest BCUT2D eigenvalue weighted by atomic mass is 10.1. The molecule has 3 aromatic heterocycles. The maximum absolute atomic E-state index is 12.3. The molecule has 0 aliphatic heterocycles. The molecule has 0 saturated carbocycles. The minimum Gasteiger partial charge on any atom is -0.334 e. The zero-order chi connectivity index (χ0) is 16.5. The van der Waals surface area contributed by atoms with Crippen LogP contribution in [0.5, 0.6) is 0 Å². The van der Waals surface area contributed by atoms with E-state index >= 15 is 0 Å². The normalized spacial score (nSPS) is 11.0. The molecule has 4 rings (SSSR count).